The van der Waals surface area contributed by atoms with Crippen molar-refractivity contribution in [1.29, 1.82) is 0 Å². The van der Waals surface area contributed by atoms with Gasteiger partial charge in [0.1, 0.15) is 5.75 Å². The number of carbonyl (C=O) groups excluding carboxylic acids is 1. The molecule has 0 spiro atoms. The quantitative estimate of drug-likeness (QED) is 0.901. The maximum atomic E-state index is 12.4. The maximum absolute atomic E-state index is 12.4. The first-order valence-corrected chi connectivity index (χ1v) is 7.33. The third-order valence-corrected chi connectivity index (χ3v) is 4.35. The van der Waals surface area contributed by atoms with Gasteiger partial charge in [-0.3, -0.25) is 4.79 Å². The van der Waals surface area contributed by atoms with Gasteiger partial charge in [-0.1, -0.05) is 30.1 Å². The number of benzene rings is 1. The Morgan fingerprint density at radius 2 is 2.10 bits per heavy atom. The summed E-state index contributed by atoms with van der Waals surface area (Å²) < 4.78 is 5.20. The van der Waals surface area contributed by atoms with Crippen molar-refractivity contribution >= 4 is 29.1 Å². The largest absolute Gasteiger partial charge is 0.496 e. The predicted octanol–water partition coefficient (Wildman–Crippen LogP) is 2.73. The zero-order valence-electron chi connectivity index (χ0n) is 11.5. The van der Waals surface area contributed by atoms with Crippen molar-refractivity contribution in [2.45, 2.75) is 19.4 Å². The molecule has 0 saturated carbocycles. The highest BCUT2D eigenvalue weighted by Crippen LogP contribution is 2.30. The van der Waals surface area contributed by atoms with Gasteiger partial charge < -0.3 is 15.4 Å². The van der Waals surface area contributed by atoms with Crippen LogP contribution in [0.25, 0.3) is 0 Å². The van der Waals surface area contributed by atoms with Gasteiger partial charge in [0.15, 0.2) is 0 Å². The molecule has 2 atom stereocenters. The second-order valence-electron chi connectivity index (χ2n) is 5.02. The molecule has 1 aliphatic heterocycles. The van der Waals surface area contributed by atoms with Crippen LogP contribution >= 0.6 is 23.2 Å². The average molecular weight is 317 g/mol. The van der Waals surface area contributed by atoms with E-state index in [1.807, 2.05) is 0 Å². The number of hydrogen-bond acceptors (Lipinski definition) is 3. The summed E-state index contributed by atoms with van der Waals surface area (Å²) in [6.07, 6.45) is 1.05. The van der Waals surface area contributed by atoms with E-state index in [-0.39, 0.29) is 11.9 Å². The predicted molar refractivity (Wildman–Crippen MR) is 80.9 cm³/mol. The van der Waals surface area contributed by atoms with E-state index >= 15 is 0 Å². The minimum atomic E-state index is -0.194. The van der Waals surface area contributed by atoms with Crippen LogP contribution in [0.3, 0.4) is 0 Å². The summed E-state index contributed by atoms with van der Waals surface area (Å²) in [6, 6.07) is 3.20. The topological polar surface area (TPSA) is 50.4 Å². The number of ether oxygens (including phenoxy) is 1. The van der Waals surface area contributed by atoms with Gasteiger partial charge in [-0.25, -0.2) is 0 Å². The molecule has 4 nitrogen and oxygen atoms in total. The highest BCUT2D eigenvalue weighted by atomic mass is 35.5. The Hall–Kier alpha value is -0.970. The molecule has 1 saturated heterocycles. The summed E-state index contributed by atoms with van der Waals surface area (Å²) in [5, 5.41) is 7.01. The second kappa shape index (κ2) is 6.66. The summed E-state index contributed by atoms with van der Waals surface area (Å²) in [5.41, 5.74) is 0.402. The van der Waals surface area contributed by atoms with Crippen molar-refractivity contribution < 1.29 is 9.53 Å². The van der Waals surface area contributed by atoms with Gasteiger partial charge in [-0.15, -0.1) is 0 Å². The molecule has 1 fully saturated rings. The standard InChI is InChI=1S/C14H18Cl2N2O2/c1-8-3-4-17-7-12(8)18-14(19)9-5-10(15)11(16)6-13(9)20-2/h5-6,8,12,17H,3-4,7H2,1-2H3,(H,18,19). The van der Waals surface area contributed by atoms with E-state index in [4.69, 9.17) is 27.9 Å². The maximum Gasteiger partial charge on any atom is 0.255 e. The third-order valence-electron chi connectivity index (χ3n) is 3.63. The molecule has 1 aliphatic rings. The van der Waals surface area contributed by atoms with Gasteiger partial charge in [-0.2, -0.15) is 0 Å². The van der Waals surface area contributed by atoms with Crippen LogP contribution in [0.5, 0.6) is 5.75 Å². The van der Waals surface area contributed by atoms with E-state index < -0.39 is 0 Å². The van der Waals surface area contributed by atoms with E-state index in [0.29, 0.717) is 27.3 Å². The highest BCUT2D eigenvalue weighted by Gasteiger charge is 2.24. The lowest BCUT2D eigenvalue weighted by Gasteiger charge is -2.30. The van der Waals surface area contributed by atoms with Gasteiger partial charge in [0.25, 0.3) is 5.91 Å². The molecule has 20 heavy (non-hydrogen) atoms. The number of nitrogens with one attached hydrogen (secondary N) is 2. The van der Waals surface area contributed by atoms with E-state index in [0.717, 1.165) is 19.5 Å². The molecule has 110 valence electrons. The first-order valence-electron chi connectivity index (χ1n) is 6.57. The Kier molecular flexibility index (Phi) is 5.13. The fourth-order valence-corrected chi connectivity index (χ4v) is 2.62. The summed E-state index contributed by atoms with van der Waals surface area (Å²) in [4.78, 5) is 12.4. The van der Waals surface area contributed by atoms with Crippen LogP contribution in [0.4, 0.5) is 0 Å². The lowest BCUT2D eigenvalue weighted by atomic mass is 9.94. The summed E-state index contributed by atoms with van der Waals surface area (Å²) in [7, 11) is 1.50. The van der Waals surface area contributed by atoms with Crippen LogP contribution < -0.4 is 15.4 Å². The van der Waals surface area contributed by atoms with Crippen molar-refractivity contribution in [1.82, 2.24) is 10.6 Å². The van der Waals surface area contributed by atoms with Crippen molar-refractivity contribution in [3.8, 4) is 5.75 Å². The third kappa shape index (κ3) is 3.37. The van der Waals surface area contributed by atoms with Crippen molar-refractivity contribution in [2.75, 3.05) is 20.2 Å². The van der Waals surface area contributed by atoms with E-state index in [1.165, 1.54) is 7.11 Å². The monoisotopic (exact) mass is 316 g/mol. The Morgan fingerprint density at radius 1 is 1.40 bits per heavy atom. The number of halogens is 2. The van der Waals surface area contributed by atoms with Crippen LogP contribution in [0.15, 0.2) is 12.1 Å². The van der Waals surface area contributed by atoms with Gasteiger partial charge in [0.2, 0.25) is 0 Å². The minimum absolute atomic E-state index is 0.107. The van der Waals surface area contributed by atoms with Crippen LogP contribution in [0, 0.1) is 5.92 Å². The molecule has 1 amide bonds. The molecule has 0 bridgehead atoms. The summed E-state index contributed by atoms with van der Waals surface area (Å²) in [6.45, 7) is 3.90. The van der Waals surface area contributed by atoms with Crippen molar-refractivity contribution in [3.05, 3.63) is 27.7 Å². The van der Waals surface area contributed by atoms with Gasteiger partial charge >= 0.3 is 0 Å². The SMILES string of the molecule is COc1cc(Cl)c(Cl)cc1C(=O)NC1CNCCC1C. The number of rotatable bonds is 3. The molecule has 0 radical (unpaired) electrons. The highest BCUT2D eigenvalue weighted by molar-refractivity contribution is 6.42. The first kappa shape index (κ1) is 15.4. The molecule has 2 rings (SSSR count). The smallest absolute Gasteiger partial charge is 0.255 e. The number of carbonyl (C=O) groups is 1. The van der Waals surface area contributed by atoms with Crippen LogP contribution in [-0.4, -0.2) is 32.1 Å². The molecular formula is C14H18Cl2N2O2. The molecule has 0 aliphatic carbocycles. The van der Waals surface area contributed by atoms with Crippen LogP contribution in [0.2, 0.25) is 10.0 Å². The van der Waals surface area contributed by atoms with Crippen LogP contribution in [0.1, 0.15) is 23.7 Å². The fraction of sp³-hybridized carbons (Fsp3) is 0.500. The van der Waals surface area contributed by atoms with Gasteiger partial charge in [0.05, 0.1) is 22.7 Å². The summed E-state index contributed by atoms with van der Waals surface area (Å²) >= 11 is 11.9. The Bertz CT molecular complexity index is 508. The summed E-state index contributed by atoms with van der Waals surface area (Å²) in [5.74, 6) is 0.670. The molecule has 2 N–H and O–H groups in total. The molecule has 1 aromatic carbocycles. The Labute approximate surface area is 128 Å². The Balaban J connectivity index is 2.18. The lowest BCUT2D eigenvalue weighted by Crippen LogP contribution is -2.50. The molecular weight excluding hydrogens is 299 g/mol. The lowest BCUT2D eigenvalue weighted by molar-refractivity contribution is 0.0912. The Morgan fingerprint density at radius 3 is 2.75 bits per heavy atom. The average Bonchev–Trinajstić information content (AvgIpc) is 2.43. The van der Waals surface area contributed by atoms with Crippen molar-refractivity contribution in [2.24, 2.45) is 5.92 Å². The molecule has 2 unspecified atom stereocenters. The first-order chi connectivity index (χ1) is 9.52. The fourth-order valence-electron chi connectivity index (χ4n) is 2.30. The molecule has 1 heterocycles. The zero-order chi connectivity index (χ0) is 14.7. The van der Waals surface area contributed by atoms with Crippen molar-refractivity contribution in [3.63, 3.8) is 0 Å². The van der Waals surface area contributed by atoms with Gasteiger partial charge in [-0.05, 0) is 24.9 Å². The van der Waals surface area contributed by atoms with Crippen LogP contribution in [-0.2, 0) is 0 Å². The second-order valence-corrected chi connectivity index (χ2v) is 5.83. The molecule has 0 aromatic heterocycles. The number of piperidine rings is 1. The number of hydrogen-bond donors (Lipinski definition) is 2. The van der Waals surface area contributed by atoms with E-state index in [1.54, 1.807) is 12.1 Å². The number of amides is 1. The molecule has 1 aromatic rings. The normalized spacial score (nSPS) is 22.4. The van der Waals surface area contributed by atoms with E-state index in [2.05, 4.69) is 17.6 Å². The molecule has 6 heteroatoms. The minimum Gasteiger partial charge on any atom is -0.496 e. The number of methoxy groups -OCH3 is 1. The van der Waals surface area contributed by atoms with E-state index in [9.17, 15) is 4.79 Å². The van der Waals surface area contributed by atoms with Gasteiger partial charge in [0, 0.05) is 18.7 Å². The zero-order valence-corrected chi connectivity index (χ0v) is 13.0.